The van der Waals surface area contributed by atoms with Gasteiger partial charge in [0.05, 0.1) is 71.7 Å². The van der Waals surface area contributed by atoms with Crippen molar-refractivity contribution < 1.29 is 0 Å². The van der Waals surface area contributed by atoms with E-state index in [0.29, 0.717) is 43.1 Å². The zero-order valence-corrected chi connectivity index (χ0v) is 46.2. The Balaban J connectivity index is 0.000000134. The Morgan fingerprint density at radius 3 is 1.33 bits per heavy atom. The smallest absolute Gasteiger partial charge is 0.229 e. The van der Waals surface area contributed by atoms with Gasteiger partial charge in [0.25, 0.3) is 0 Å². The first kappa shape index (κ1) is 52.9. The third-order valence-corrected chi connectivity index (χ3v) is 13.5. The Bertz CT molecular complexity index is 3840. The van der Waals surface area contributed by atoms with Crippen LogP contribution in [-0.2, 0) is 26.7 Å². The Morgan fingerprint density at radius 1 is 0.468 bits per heavy atom. The molecule has 0 fully saturated rings. The number of para-hydroxylation sites is 6. The number of rotatable bonds is 19. The fourth-order valence-electron chi connectivity index (χ4n) is 9.19. The molecule has 0 aliphatic rings. The molecule has 0 saturated carbocycles. The van der Waals surface area contributed by atoms with Crippen molar-refractivity contribution in [2.45, 2.75) is 81.1 Å². The molecule has 24 heteroatoms. The van der Waals surface area contributed by atoms with Gasteiger partial charge in [0.2, 0.25) is 17.8 Å². The maximum atomic E-state index is 4.80. The second kappa shape index (κ2) is 23.8. The van der Waals surface area contributed by atoms with Crippen LogP contribution in [0.25, 0.3) is 66.6 Å². The van der Waals surface area contributed by atoms with Crippen molar-refractivity contribution in [3.05, 3.63) is 109 Å². The van der Waals surface area contributed by atoms with Crippen molar-refractivity contribution >= 4 is 102 Å². The zero-order valence-electron chi connectivity index (χ0n) is 46.2. The summed E-state index contributed by atoms with van der Waals surface area (Å²) in [5, 5.41) is 10.1. The maximum Gasteiger partial charge on any atom is 0.229 e. The number of anilines is 6. The summed E-state index contributed by atoms with van der Waals surface area (Å²) < 4.78 is 3.99. The molecule has 408 valence electrons. The Kier molecular flexibility index (Phi) is 16.0. The van der Waals surface area contributed by atoms with Crippen molar-refractivity contribution in [2.75, 3.05) is 69.9 Å². The lowest BCUT2D eigenvalue weighted by atomic mass is 10.3. The van der Waals surface area contributed by atoms with Gasteiger partial charge in [-0.05, 0) is 91.8 Å². The molecule has 9 heterocycles. The SMILES string of the molecule is CCN(CC)c1nc(NCc2nc3ccccc3[nH]2)c2[nH]cnc2n1.CCN(CC)c1nc(NCc2nc3ccccc3[nH]2)c2ncn(C(C)C)c2n1.CCN(CC)c1nc(NCc2nc3ccccc3[nH]2)c2ncn(C)c2n1. The predicted octanol–water partition coefficient (Wildman–Crippen LogP) is 9.13. The van der Waals surface area contributed by atoms with Crippen LogP contribution in [0.2, 0.25) is 0 Å². The van der Waals surface area contributed by atoms with E-state index in [4.69, 9.17) is 15.0 Å². The van der Waals surface area contributed by atoms with Crippen LogP contribution in [0.5, 0.6) is 0 Å². The summed E-state index contributed by atoms with van der Waals surface area (Å²) in [4.78, 5) is 74.8. The van der Waals surface area contributed by atoms with Gasteiger partial charge in [-0.1, -0.05) is 36.4 Å². The van der Waals surface area contributed by atoms with Gasteiger partial charge in [0.15, 0.2) is 45.4 Å². The molecule has 0 aliphatic heterocycles. The van der Waals surface area contributed by atoms with Gasteiger partial charge in [0, 0.05) is 52.4 Å². The number of H-pyrrole nitrogens is 4. The van der Waals surface area contributed by atoms with Crippen molar-refractivity contribution in [3.8, 4) is 0 Å². The van der Waals surface area contributed by atoms with Crippen LogP contribution in [0.4, 0.5) is 35.3 Å². The van der Waals surface area contributed by atoms with Crippen LogP contribution in [0.15, 0.2) is 91.8 Å². The van der Waals surface area contributed by atoms with Gasteiger partial charge in [0.1, 0.15) is 23.0 Å². The first-order valence-corrected chi connectivity index (χ1v) is 27.0. The van der Waals surface area contributed by atoms with E-state index in [1.807, 2.05) is 90.7 Å². The van der Waals surface area contributed by atoms with E-state index in [-0.39, 0.29) is 6.04 Å². The molecular formula is C55H68N24. The van der Waals surface area contributed by atoms with E-state index in [1.165, 1.54) is 0 Å². The second-order valence-electron chi connectivity index (χ2n) is 18.8. The highest BCUT2D eigenvalue weighted by Gasteiger charge is 2.20. The molecule has 9 aromatic heterocycles. The minimum atomic E-state index is 0.271. The number of nitrogens with zero attached hydrogens (tertiary/aromatic N) is 17. The number of imidazole rings is 6. The number of aryl methyl sites for hydroxylation is 1. The number of aromatic nitrogens is 18. The van der Waals surface area contributed by atoms with Crippen LogP contribution < -0.4 is 30.7 Å². The lowest BCUT2D eigenvalue weighted by molar-refractivity contribution is 0.612. The van der Waals surface area contributed by atoms with Crippen molar-refractivity contribution in [3.63, 3.8) is 0 Å². The van der Waals surface area contributed by atoms with Gasteiger partial charge in [-0.15, -0.1) is 0 Å². The molecule has 0 bridgehead atoms. The highest BCUT2D eigenvalue weighted by molar-refractivity contribution is 5.86. The second-order valence-corrected chi connectivity index (χ2v) is 18.8. The third-order valence-electron chi connectivity index (χ3n) is 13.5. The number of aromatic amines is 4. The largest absolute Gasteiger partial charge is 0.361 e. The molecule has 0 amide bonds. The van der Waals surface area contributed by atoms with Crippen LogP contribution in [0.1, 0.15) is 78.9 Å². The summed E-state index contributed by atoms with van der Waals surface area (Å²) >= 11 is 0. The summed E-state index contributed by atoms with van der Waals surface area (Å²) in [6, 6.07) is 24.3. The van der Waals surface area contributed by atoms with Gasteiger partial charge < -0.3 is 59.7 Å². The molecule has 3 aromatic carbocycles. The fraction of sp³-hybridized carbons (Fsp3) is 0.345. The predicted molar refractivity (Wildman–Crippen MR) is 315 cm³/mol. The van der Waals surface area contributed by atoms with Gasteiger partial charge >= 0.3 is 0 Å². The van der Waals surface area contributed by atoms with E-state index in [9.17, 15) is 0 Å². The van der Waals surface area contributed by atoms with Crippen molar-refractivity contribution in [2.24, 2.45) is 7.05 Å². The van der Waals surface area contributed by atoms with E-state index in [0.717, 1.165) is 135 Å². The maximum absolute atomic E-state index is 4.80. The average Bonchev–Trinajstić information content (AvgIpc) is 4.42. The van der Waals surface area contributed by atoms with E-state index < -0.39 is 0 Å². The molecule has 0 radical (unpaired) electrons. The van der Waals surface area contributed by atoms with Crippen molar-refractivity contribution in [1.82, 2.24) is 88.9 Å². The first-order chi connectivity index (χ1) is 38.6. The van der Waals surface area contributed by atoms with Crippen molar-refractivity contribution in [1.29, 1.82) is 0 Å². The normalized spacial score (nSPS) is 11.4. The minimum Gasteiger partial charge on any atom is -0.361 e. The van der Waals surface area contributed by atoms with Crippen LogP contribution in [0.3, 0.4) is 0 Å². The van der Waals surface area contributed by atoms with Crippen LogP contribution in [-0.4, -0.2) is 128 Å². The summed E-state index contributed by atoms with van der Waals surface area (Å²) in [5.74, 6) is 6.85. The van der Waals surface area contributed by atoms with E-state index in [1.54, 1.807) is 12.7 Å². The number of fused-ring (bicyclic) bond motifs is 6. The highest BCUT2D eigenvalue weighted by Crippen LogP contribution is 2.27. The molecular weight excluding hydrogens is 997 g/mol. The molecule has 7 N–H and O–H groups in total. The van der Waals surface area contributed by atoms with E-state index in [2.05, 4.69) is 155 Å². The first-order valence-electron chi connectivity index (χ1n) is 27.0. The number of hydrogen-bond donors (Lipinski definition) is 7. The Hall–Kier alpha value is -9.48. The van der Waals surface area contributed by atoms with E-state index >= 15 is 0 Å². The summed E-state index contributed by atoms with van der Waals surface area (Å²) in [6.07, 6.45) is 5.23. The quantitative estimate of drug-likeness (QED) is 0.0397. The monoisotopic (exact) mass is 1060 g/mol. The van der Waals surface area contributed by atoms with Gasteiger partial charge in [-0.2, -0.15) is 29.9 Å². The topological polar surface area (TPSA) is 274 Å². The molecule has 0 aliphatic carbocycles. The molecule has 12 aromatic rings. The molecule has 0 spiro atoms. The molecule has 0 unspecified atom stereocenters. The number of nitrogens with one attached hydrogen (secondary N) is 7. The molecule has 0 saturated heterocycles. The summed E-state index contributed by atoms with van der Waals surface area (Å²) in [6.45, 7) is 23.5. The third kappa shape index (κ3) is 11.5. The molecule has 0 atom stereocenters. The zero-order chi connectivity index (χ0) is 55.0. The number of hydrogen-bond acceptors (Lipinski definition) is 18. The molecule has 24 nitrogen and oxygen atoms in total. The van der Waals surface area contributed by atoms with Crippen LogP contribution >= 0.6 is 0 Å². The summed E-state index contributed by atoms with van der Waals surface area (Å²) in [7, 11) is 1.94. The van der Waals surface area contributed by atoms with Gasteiger partial charge in [-0.25, -0.2) is 29.9 Å². The minimum absolute atomic E-state index is 0.271. The lowest BCUT2D eigenvalue weighted by Gasteiger charge is -2.20. The molecule has 79 heavy (non-hydrogen) atoms. The average molecular weight is 1070 g/mol. The van der Waals surface area contributed by atoms with Crippen LogP contribution in [0, 0.1) is 0 Å². The highest BCUT2D eigenvalue weighted by atomic mass is 15.3. The Morgan fingerprint density at radius 2 is 0.873 bits per heavy atom. The summed E-state index contributed by atoms with van der Waals surface area (Å²) in [5.41, 5.74) is 10.6. The fourth-order valence-corrected chi connectivity index (χ4v) is 9.19. The number of benzene rings is 3. The standard InChI is InChI=1S/C20H26N8.C18H22N8.C17H20N8/c1-5-27(6-2)20-25-18(17-19(26-20)28(12-22-17)13(3)4)21-11-16-23-14-9-7-8-10-15(14)24-16;1-4-26(5-2)18-23-16(15-17(24-18)25(3)11-20-15)19-10-14-21-12-8-6-7-9-13(12)22-14;1-3-25(4-2)17-23-15(14-16(24-17)20-10-19-14)18-9-13-21-11-7-5-6-8-12(11)22-13/h7-10,12-13H,5-6,11H2,1-4H3,(H,23,24)(H,21,25,26);6-9,11H,4-5,10H2,1-3H3,(H,21,22)(H,19,23,24);5-8,10H,3-4,9H2,1-2H3,(H,21,22)(H2,18,19,20,23,24). The van der Waals surface area contributed by atoms with Gasteiger partial charge in [-0.3, -0.25) is 0 Å². The lowest BCUT2D eigenvalue weighted by Crippen LogP contribution is -2.25. The molecule has 12 rings (SSSR count). The Labute approximate surface area is 456 Å².